The van der Waals surface area contributed by atoms with Crippen LogP contribution >= 0.6 is 0 Å². The number of anilines is 5. The first kappa shape index (κ1) is 16.4. The molecule has 2 aromatic rings. The summed E-state index contributed by atoms with van der Waals surface area (Å²) in [5.74, 6) is 0.998. The van der Waals surface area contributed by atoms with E-state index in [-0.39, 0.29) is 29.8 Å². The summed E-state index contributed by atoms with van der Waals surface area (Å²) in [7, 11) is 0. The molecule has 2 aromatic heterocycles. The molecular formula is C12H21N11. The van der Waals surface area contributed by atoms with Gasteiger partial charge in [-0.15, -0.1) is 0 Å². The summed E-state index contributed by atoms with van der Waals surface area (Å²) in [5, 5.41) is 0. The molecule has 0 aliphatic rings. The highest BCUT2D eigenvalue weighted by Gasteiger charge is 2.22. The van der Waals surface area contributed by atoms with Crippen molar-refractivity contribution >= 4 is 29.7 Å². The molecule has 11 nitrogen and oxygen atoms in total. The van der Waals surface area contributed by atoms with Crippen LogP contribution in [0.3, 0.4) is 0 Å². The third-order valence-electron chi connectivity index (χ3n) is 3.20. The van der Waals surface area contributed by atoms with E-state index >= 15 is 0 Å². The zero-order valence-electron chi connectivity index (χ0n) is 13.1. The van der Waals surface area contributed by atoms with Crippen molar-refractivity contribution < 1.29 is 0 Å². The molecule has 0 amide bonds. The van der Waals surface area contributed by atoms with Crippen LogP contribution in [0.4, 0.5) is 29.7 Å². The Bertz CT molecular complexity index is 634. The molecular weight excluding hydrogens is 298 g/mol. The van der Waals surface area contributed by atoms with Gasteiger partial charge in [-0.2, -0.15) is 29.9 Å². The summed E-state index contributed by atoms with van der Waals surface area (Å²) in [6.45, 7) is 4.63. The molecule has 0 bridgehead atoms. The summed E-state index contributed by atoms with van der Waals surface area (Å²) >= 11 is 0. The first-order valence-corrected chi connectivity index (χ1v) is 7.21. The predicted molar refractivity (Wildman–Crippen MR) is 88.0 cm³/mol. The molecule has 1 atom stereocenters. The van der Waals surface area contributed by atoms with E-state index < -0.39 is 0 Å². The summed E-state index contributed by atoms with van der Waals surface area (Å²) in [6.07, 6.45) is 1.90. The monoisotopic (exact) mass is 319 g/mol. The van der Waals surface area contributed by atoms with Crippen molar-refractivity contribution in [3.8, 4) is 0 Å². The van der Waals surface area contributed by atoms with E-state index in [1.807, 2.05) is 11.8 Å². The molecule has 0 aliphatic heterocycles. The number of hydrogen-bond acceptors (Lipinski definition) is 11. The van der Waals surface area contributed by atoms with Gasteiger partial charge >= 0.3 is 0 Å². The molecule has 8 N–H and O–H groups in total. The SMILES string of the molecule is CCCCN(c1nc(N)nc(N)n1)[C@@H](C)c1nc(N)nc(N)n1. The standard InChI is InChI=1S/C12H21N11/c1-3-4-5-23(12-21-10(15)20-11(16)22-12)6(2)7-17-8(13)19-9(14)18-7/h6H,3-5H2,1-2H3,(H4,13,14,17,18,19)(H4,15,16,20,21,22)/t6-/m0/s1. The van der Waals surface area contributed by atoms with Gasteiger partial charge in [0.2, 0.25) is 29.7 Å². The van der Waals surface area contributed by atoms with E-state index in [1.54, 1.807) is 0 Å². The quantitative estimate of drug-likeness (QED) is 0.550. The van der Waals surface area contributed by atoms with Crippen LogP contribution in [0.25, 0.3) is 0 Å². The van der Waals surface area contributed by atoms with Crippen molar-refractivity contribution in [2.75, 3.05) is 34.4 Å². The molecule has 0 saturated heterocycles. The van der Waals surface area contributed by atoms with Gasteiger partial charge in [0.25, 0.3) is 0 Å². The second-order valence-electron chi connectivity index (χ2n) is 4.98. The van der Waals surface area contributed by atoms with Crippen LogP contribution in [-0.4, -0.2) is 36.4 Å². The Labute approximate surface area is 133 Å². The molecule has 0 saturated carbocycles. The highest BCUT2D eigenvalue weighted by molar-refractivity contribution is 5.41. The molecule has 11 heteroatoms. The van der Waals surface area contributed by atoms with Gasteiger partial charge in [0.05, 0.1) is 6.04 Å². The van der Waals surface area contributed by atoms with Crippen molar-refractivity contribution in [3.63, 3.8) is 0 Å². The van der Waals surface area contributed by atoms with E-state index in [9.17, 15) is 0 Å². The van der Waals surface area contributed by atoms with Gasteiger partial charge in [-0.25, -0.2) is 0 Å². The second kappa shape index (κ2) is 6.85. The first-order chi connectivity index (χ1) is 10.9. The van der Waals surface area contributed by atoms with E-state index in [1.165, 1.54) is 0 Å². The lowest BCUT2D eigenvalue weighted by atomic mass is 10.2. The Morgan fingerprint density at radius 1 is 0.826 bits per heavy atom. The fourth-order valence-electron chi connectivity index (χ4n) is 2.07. The summed E-state index contributed by atoms with van der Waals surface area (Å²) in [6, 6.07) is -0.296. The molecule has 124 valence electrons. The van der Waals surface area contributed by atoms with E-state index in [0.29, 0.717) is 18.3 Å². The molecule has 0 radical (unpaired) electrons. The Kier molecular flexibility index (Phi) is 4.88. The number of rotatable bonds is 6. The lowest BCUT2D eigenvalue weighted by molar-refractivity contribution is 0.593. The van der Waals surface area contributed by atoms with Crippen molar-refractivity contribution in [3.05, 3.63) is 5.82 Å². The number of nitrogen functional groups attached to an aromatic ring is 4. The van der Waals surface area contributed by atoms with Gasteiger partial charge in [0.1, 0.15) is 0 Å². The summed E-state index contributed by atoms with van der Waals surface area (Å²) in [4.78, 5) is 26.0. The molecule has 23 heavy (non-hydrogen) atoms. The van der Waals surface area contributed by atoms with Crippen molar-refractivity contribution in [1.82, 2.24) is 29.9 Å². The van der Waals surface area contributed by atoms with Crippen molar-refractivity contribution in [2.24, 2.45) is 0 Å². The summed E-state index contributed by atoms with van der Waals surface area (Å²) < 4.78 is 0. The first-order valence-electron chi connectivity index (χ1n) is 7.21. The summed E-state index contributed by atoms with van der Waals surface area (Å²) in [5.41, 5.74) is 22.6. The van der Waals surface area contributed by atoms with Crippen molar-refractivity contribution in [1.29, 1.82) is 0 Å². The van der Waals surface area contributed by atoms with Gasteiger partial charge in [0.15, 0.2) is 5.82 Å². The second-order valence-corrected chi connectivity index (χ2v) is 4.98. The van der Waals surface area contributed by atoms with Crippen molar-refractivity contribution in [2.45, 2.75) is 32.7 Å². The van der Waals surface area contributed by atoms with E-state index in [0.717, 1.165) is 12.8 Å². The number of nitrogens with two attached hydrogens (primary N) is 4. The Hall–Kier alpha value is -2.98. The topological polar surface area (TPSA) is 185 Å². The normalized spacial score (nSPS) is 12.1. The largest absolute Gasteiger partial charge is 0.368 e. The third kappa shape index (κ3) is 4.02. The Morgan fingerprint density at radius 2 is 1.30 bits per heavy atom. The van der Waals surface area contributed by atoms with Crippen LogP contribution in [0, 0.1) is 0 Å². The van der Waals surface area contributed by atoms with Crippen LogP contribution in [0.15, 0.2) is 0 Å². The molecule has 0 aliphatic carbocycles. The van der Waals surface area contributed by atoms with Crippen LogP contribution in [0.2, 0.25) is 0 Å². The molecule has 0 fully saturated rings. The smallest absolute Gasteiger partial charge is 0.232 e. The highest BCUT2D eigenvalue weighted by Crippen LogP contribution is 2.24. The van der Waals surface area contributed by atoms with Gasteiger partial charge in [-0.1, -0.05) is 13.3 Å². The van der Waals surface area contributed by atoms with E-state index in [2.05, 4.69) is 36.8 Å². The van der Waals surface area contributed by atoms with Crippen LogP contribution in [0.1, 0.15) is 38.6 Å². The van der Waals surface area contributed by atoms with Crippen LogP contribution in [0.5, 0.6) is 0 Å². The maximum atomic E-state index is 5.66. The maximum Gasteiger partial charge on any atom is 0.232 e. The Morgan fingerprint density at radius 3 is 1.78 bits per heavy atom. The zero-order chi connectivity index (χ0) is 17.0. The average Bonchev–Trinajstić information content (AvgIpc) is 2.45. The lowest BCUT2D eigenvalue weighted by Gasteiger charge is -2.28. The number of aromatic nitrogens is 6. The highest BCUT2D eigenvalue weighted by atomic mass is 15.3. The number of unbranched alkanes of at least 4 members (excludes halogenated alkanes) is 1. The fraction of sp³-hybridized carbons (Fsp3) is 0.500. The fourth-order valence-corrected chi connectivity index (χ4v) is 2.07. The molecule has 2 rings (SSSR count). The van der Waals surface area contributed by atoms with Crippen LogP contribution < -0.4 is 27.8 Å². The third-order valence-corrected chi connectivity index (χ3v) is 3.20. The predicted octanol–water partition coefficient (Wildman–Crippen LogP) is -0.247. The number of nitrogens with zero attached hydrogens (tertiary/aromatic N) is 7. The maximum absolute atomic E-state index is 5.66. The number of hydrogen-bond donors (Lipinski definition) is 4. The van der Waals surface area contributed by atoms with Gasteiger partial charge in [-0.05, 0) is 13.3 Å². The lowest BCUT2D eigenvalue weighted by Crippen LogP contribution is -2.32. The molecule has 0 unspecified atom stereocenters. The van der Waals surface area contributed by atoms with E-state index in [4.69, 9.17) is 22.9 Å². The molecule has 0 aromatic carbocycles. The minimum absolute atomic E-state index is 0.0517. The zero-order valence-corrected chi connectivity index (χ0v) is 13.1. The molecule has 0 spiro atoms. The average molecular weight is 319 g/mol. The molecule has 2 heterocycles. The minimum Gasteiger partial charge on any atom is -0.368 e. The van der Waals surface area contributed by atoms with Crippen LogP contribution in [-0.2, 0) is 0 Å². The Balaban J connectivity index is 2.40. The minimum atomic E-state index is -0.296. The van der Waals surface area contributed by atoms with Gasteiger partial charge < -0.3 is 27.8 Å². The van der Waals surface area contributed by atoms with Gasteiger partial charge in [0, 0.05) is 6.54 Å². The van der Waals surface area contributed by atoms with Gasteiger partial charge in [-0.3, -0.25) is 0 Å².